The van der Waals surface area contributed by atoms with Gasteiger partial charge in [-0.05, 0) is 92.7 Å². The van der Waals surface area contributed by atoms with E-state index in [9.17, 15) is 0 Å². The molecule has 56 heavy (non-hydrogen) atoms. The number of benzene rings is 8. The largest absolute Gasteiger partial charge is 0.309 e. The van der Waals surface area contributed by atoms with Crippen LogP contribution >= 0.6 is 0 Å². The van der Waals surface area contributed by atoms with Crippen molar-refractivity contribution in [2.45, 2.75) is 19.3 Å². The van der Waals surface area contributed by atoms with E-state index in [2.05, 4.69) is 206 Å². The number of rotatable bonds is 5. The van der Waals surface area contributed by atoms with Gasteiger partial charge in [0.05, 0.1) is 22.4 Å². The van der Waals surface area contributed by atoms with Crippen LogP contribution in [0.25, 0.3) is 94.4 Å². The Morgan fingerprint density at radius 2 is 1.00 bits per heavy atom. The molecule has 3 nitrogen and oxygen atoms in total. The molecule has 0 atom stereocenters. The summed E-state index contributed by atoms with van der Waals surface area (Å²) in [5, 5.41) is 4.89. The lowest BCUT2D eigenvalue weighted by atomic mass is 9.82. The summed E-state index contributed by atoms with van der Waals surface area (Å²) in [7, 11) is 0. The number of aromatic nitrogens is 3. The number of fused-ring (bicyclic) bond motifs is 7. The third-order valence-corrected chi connectivity index (χ3v) is 11.8. The Bertz CT molecular complexity index is 3120. The van der Waals surface area contributed by atoms with Crippen LogP contribution in [-0.2, 0) is 5.41 Å². The zero-order valence-corrected chi connectivity index (χ0v) is 31.2. The van der Waals surface area contributed by atoms with Gasteiger partial charge in [0.15, 0.2) is 5.82 Å². The highest BCUT2D eigenvalue weighted by Gasteiger charge is 2.35. The van der Waals surface area contributed by atoms with E-state index in [0.29, 0.717) is 5.82 Å². The second kappa shape index (κ2) is 12.5. The molecule has 3 heteroatoms. The normalized spacial score (nSPS) is 13.0. The fraction of sp³-hybridized carbons (Fsp3) is 0.0566. The highest BCUT2D eigenvalue weighted by atomic mass is 15.0. The van der Waals surface area contributed by atoms with Crippen molar-refractivity contribution in [3.05, 3.63) is 199 Å². The first-order valence-electron chi connectivity index (χ1n) is 19.3. The molecule has 1 aliphatic rings. The molecule has 0 N–H and O–H groups in total. The van der Waals surface area contributed by atoms with Crippen molar-refractivity contribution >= 4 is 32.6 Å². The molecule has 0 fully saturated rings. The minimum atomic E-state index is -0.120. The van der Waals surface area contributed by atoms with E-state index in [-0.39, 0.29) is 5.41 Å². The third kappa shape index (κ3) is 5.12. The molecule has 2 aromatic heterocycles. The highest BCUT2D eigenvalue weighted by molar-refractivity contribution is 6.09. The predicted molar refractivity (Wildman–Crippen MR) is 233 cm³/mol. The average molecular weight is 716 g/mol. The quantitative estimate of drug-likeness (QED) is 0.178. The zero-order valence-electron chi connectivity index (χ0n) is 31.2. The van der Waals surface area contributed by atoms with Gasteiger partial charge in [-0.15, -0.1) is 0 Å². The van der Waals surface area contributed by atoms with Crippen molar-refractivity contribution in [3.8, 4) is 61.8 Å². The van der Waals surface area contributed by atoms with Gasteiger partial charge >= 0.3 is 0 Å². The second-order valence-corrected chi connectivity index (χ2v) is 15.5. The van der Waals surface area contributed by atoms with Crippen LogP contribution in [0.5, 0.6) is 0 Å². The summed E-state index contributed by atoms with van der Waals surface area (Å²) in [4.78, 5) is 10.8. The van der Waals surface area contributed by atoms with Crippen LogP contribution in [0.1, 0.15) is 25.0 Å². The van der Waals surface area contributed by atoms with E-state index in [1.807, 2.05) is 0 Å². The summed E-state index contributed by atoms with van der Waals surface area (Å²) in [6, 6.07) is 67.8. The van der Waals surface area contributed by atoms with Gasteiger partial charge in [0.1, 0.15) is 0 Å². The van der Waals surface area contributed by atoms with Crippen LogP contribution in [0.15, 0.2) is 188 Å². The maximum absolute atomic E-state index is 5.43. The van der Waals surface area contributed by atoms with Crippen molar-refractivity contribution < 1.29 is 0 Å². The van der Waals surface area contributed by atoms with Crippen molar-refractivity contribution in [1.82, 2.24) is 14.5 Å². The Kier molecular flexibility index (Phi) is 7.20. The SMILES string of the molecule is CC1(C)c2ccccc2-c2ccc(-c3cc(-c4ccccc4)nc(-c4cc(-c5ccc6ccccc6c5)cc(-n5c6ccccc6c6ccccc65)c4)n3)cc21. The summed E-state index contributed by atoms with van der Waals surface area (Å²) in [6.45, 7) is 4.66. The van der Waals surface area contributed by atoms with Gasteiger partial charge in [0.25, 0.3) is 0 Å². The molecule has 264 valence electrons. The summed E-state index contributed by atoms with van der Waals surface area (Å²) in [5.74, 6) is 0.689. The molecule has 2 heterocycles. The Hall–Kier alpha value is -7.10. The van der Waals surface area contributed by atoms with Crippen LogP contribution < -0.4 is 0 Å². The molecule has 0 unspecified atom stereocenters. The number of hydrogen-bond donors (Lipinski definition) is 0. The van der Waals surface area contributed by atoms with Crippen molar-refractivity contribution in [1.29, 1.82) is 0 Å². The van der Waals surface area contributed by atoms with Gasteiger partial charge in [-0.25, -0.2) is 9.97 Å². The van der Waals surface area contributed by atoms with Gasteiger partial charge in [-0.2, -0.15) is 0 Å². The lowest BCUT2D eigenvalue weighted by molar-refractivity contribution is 0.660. The van der Waals surface area contributed by atoms with E-state index < -0.39 is 0 Å². The second-order valence-electron chi connectivity index (χ2n) is 15.5. The Balaban J connectivity index is 1.16. The summed E-state index contributed by atoms with van der Waals surface area (Å²) in [5.41, 5.74) is 15.7. The highest BCUT2D eigenvalue weighted by Crippen LogP contribution is 2.49. The summed E-state index contributed by atoms with van der Waals surface area (Å²) < 4.78 is 2.39. The lowest BCUT2D eigenvalue weighted by Gasteiger charge is -2.22. The van der Waals surface area contributed by atoms with Crippen molar-refractivity contribution in [2.24, 2.45) is 0 Å². The first kappa shape index (κ1) is 32.3. The van der Waals surface area contributed by atoms with Crippen LogP contribution in [0.4, 0.5) is 0 Å². The first-order chi connectivity index (χ1) is 27.5. The number of para-hydroxylation sites is 2. The van der Waals surface area contributed by atoms with Crippen LogP contribution in [0.2, 0.25) is 0 Å². The fourth-order valence-electron chi connectivity index (χ4n) is 8.95. The molecule has 8 aromatic carbocycles. The smallest absolute Gasteiger partial charge is 0.160 e. The average Bonchev–Trinajstić information content (AvgIpc) is 3.71. The Morgan fingerprint density at radius 3 is 1.79 bits per heavy atom. The molecular weight excluding hydrogens is 679 g/mol. The molecule has 0 aliphatic heterocycles. The van der Waals surface area contributed by atoms with Gasteiger partial charge in [-0.1, -0.05) is 153 Å². The summed E-state index contributed by atoms with van der Waals surface area (Å²) >= 11 is 0. The molecule has 0 saturated carbocycles. The molecule has 11 rings (SSSR count). The lowest BCUT2D eigenvalue weighted by Crippen LogP contribution is -2.14. The van der Waals surface area contributed by atoms with Crippen LogP contribution in [-0.4, -0.2) is 14.5 Å². The molecule has 10 aromatic rings. The molecule has 0 saturated heterocycles. The minimum Gasteiger partial charge on any atom is -0.309 e. The Morgan fingerprint density at radius 1 is 0.393 bits per heavy atom. The Labute approximate surface area is 326 Å². The van der Waals surface area contributed by atoms with Crippen molar-refractivity contribution in [2.75, 3.05) is 0 Å². The molecular formula is C53H37N3. The van der Waals surface area contributed by atoms with Gasteiger partial charge < -0.3 is 4.57 Å². The third-order valence-electron chi connectivity index (χ3n) is 11.8. The van der Waals surface area contributed by atoms with Gasteiger partial charge in [-0.3, -0.25) is 0 Å². The van der Waals surface area contributed by atoms with E-state index >= 15 is 0 Å². The van der Waals surface area contributed by atoms with Crippen LogP contribution in [0.3, 0.4) is 0 Å². The summed E-state index contributed by atoms with van der Waals surface area (Å²) in [6.07, 6.45) is 0. The van der Waals surface area contributed by atoms with E-state index in [1.54, 1.807) is 0 Å². The van der Waals surface area contributed by atoms with Crippen LogP contribution in [0, 0.1) is 0 Å². The monoisotopic (exact) mass is 715 g/mol. The number of nitrogens with zero attached hydrogens (tertiary/aromatic N) is 3. The van der Waals surface area contributed by atoms with E-state index in [4.69, 9.17) is 9.97 Å². The number of hydrogen-bond acceptors (Lipinski definition) is 2. The zero-order chi connectivity index (χ0) is 37.4. The van der Waals surface area contributed by atoms with E-state index in [0.717, 1.165) is 55.9 Å². The molecule has 0 spiro atoms. The maximum Gasteiger partial charge on any atom is 0.160 e. The van der Waals surface area contributed by atoms with E-state index in [1.165, 1.54) is 43.8 Å². The molecule has 0 radical (unpaired) electrons. The molecule has 0 amide bonds. The predicted octanol–water partition coefficient (Wildman–Crippen LogP) is 13.7. The maximum atomic E-state index is 5.43. The molecule has 0 bridgehead atoms. The van der Waals surface area contributed by atoms with Crippen molar-refractivity contribution in [3.63, 3.8) is 0 Å². The van der Waals surface area contributed by atoms with Gasteiger partial charge in [0.2, 0.25) is 0 Å². The fourth-order valence-corrected chi connectivity index (χ4v) is 8.95. The topological polar surface area (TPSA) is 30.7 Å². The standard InChI is InChI=1S/C53H37N3/c1-53(2)46-21-11-8-18-42(46)43-27-26-38(32-47(43)53)49-33-48(35-15-4-3-5-16-35)54-52(55-49)40-29-39(37-25-24-34-14-6-7-17-36(34)28-37)30-41(31-40)56-50-22-12-9-19-44(50)45-20-10-13-23-51(45)56/h3-33H,1-2H3. The molecule has 1 aliphatic carbocycles. The van der Waals surface area contributed by atoms with Gasteiger partial charge in [0, 0.05) is 38.6 Å². The minimum absolute atomic E-state index is 0.120. The first-order valence-corrected chi connectivity index (χ1v) is 19.3.